The zero-order valence-corrected chi connectivity index (χ0v) is 16.7. The number of halogens is 3. The highest BCUT2D eigenvalue weighted by Gasteiger charge is 2.31. The highest BCUT2D eigenvalue weighted by Crippen LogP contribution is 2.29. The van der Waals surface area contributed by atoms with Crippen molar-refractivity contribution in [2.24, 2.45) is 0 Å². The van der Waals surface area contributed by atoms with E-state index in [1.165, 1.54) is 12.1 Å². The van der Waals surface area contributed by atoms with Crippen LogP contribution in [-0.4, -0.2) is 67.7 Å². The number of rotatable bonds is 9. The molecule has 0 bridgehead atoms. The third-order valence-corrected chi connectivity index (χ3v) is 5.67. The van der Waals surface area contributed by atoms with E-state index in [2.05, 4.69) is 10.2 Å². The maximum Gasteiger partial charge on any atom is 0.416 e. The Hall–Kier alpha value is -1.64. The van der Waals surface area contributed by atoms with E-state index in [0.717, 1.165) is 64.7 Å². The Kier molecular flexibility index (Phi) is 7.91. The average Bonchev–Trinajstić information content (AvgIpc) is 3.05. The second-order valence-electron chi connectivity index (χ2n) is 7.75. The van der Waals surface area contributed by atoms with Gasteiger partial charge in [0.05, 0.1) is 18.8 Å². The molecule has 2 fully saturated rings. The van der Waals surface area contributed by atoms with Crippen LogP contribution < -0.4 is 5.32 Å². The van der Waals surface area contributed by atoms with Crippen molar-refractivity contribution >= 4 is 5.91 Å². The maximum absolute atomic E-state index is 12.8. The van der Waals surface area contributed by atoms with Crippen molar-refractivity contribution in [1.82, 2.24) is 15.1 Å². The number of alkyl halides is 3. The summed E-state index contributed by atoms with van der Waals surface area (Å²) >= 11 is 0. The fraction of sp³-hybridized carbons (Fsp3) is 0.667. The number of ether oxygens (including phenoxy) is 1. The van der Waals surface area contributed by atoms with Gasteiger partial charge in [0, 0.05) is 45.2 Å². The van der Waals surface area contributed by atoms with Crippen LogP contribution >= 0.6 is 0 Å². The van der Waals surface area contributed by atoms with Gasteiger partial charge in [-0.15, -0.1) is 0 Å². The van der Waals surface area contributed by atoms with E-state index in [0.29, 0.717) is 25.1 Å². The molecule has 0 saturated carbocycles. The molecule has 2 aliphatic rings. The molecule has 3 rings (SSSR count). The highest BCUT2D eigenvalue weighted by molar-refractivity contribution is 5.78. The van der Waals surface area contributed by atoms with Crippen LogP contribution in [0.2, 0.25) is 0 Å². The Balaban J connectivity index is 1.38. The minimum absolute atomic E-state index is 0.217. The number of hydrogen-bond acceptors (Lipinski definition) is 4. The standard InChI is InChI=1S/C21H30F3N3O2/c22-21(23,24)18-4-1-3-17(15-18)16-25-8-7-19-5-6-20(28)27(19)10-2-9-26-11-13-29-14-12-26/h1,3-4,15,19,25H,2,5-14,16H2. The lowest BCUT2D eigenvalue weighted by Crippen LogP contribution is -2.40. The maximum atomic E-state index is 12.8. The molecule has 2 heterocycles. The first-order valence-electron chi connectivity index (χ1n) is 10.4. The summed E-state index contributed by atoms with van der Waals surface area (Å²) in [6.07, 6.45) is -1.08. The van der Waals surface area contributed by atoms with Crippen LogP contribution in [0.4, 0.5) is 13.2 Å². The second kappa shape index (κ2) is 10.4. The molecule has 1 N–H and O–H groups in total. The number of likely N-dealkylation sites (tertiary alicyclic amines) is 1. The molecule has 0 aromatic heterocycles. The van der Waals surface area contributed by atoms with Crippen LogP contribution in [0.15, 0.2) is 24.3 Å². The Labute approximate surface area is 170 Å². The monoisotopic (exact) mass is 413 g/mol. The SMILES string of the molecule is O=C1CCC(CCNCc2cccc(C(F)(F)F)c2)N1CCCN1CCOCC1. The Bertz CT molecular complexity index is 663. The summed E-state index contributed by atoms with van der Waals surface area (Å²) in [6, 6.07) is 5.62. The zero-order valence-electron chi connectivity index (χ0n) is 16.7. The van der Waals surface area contributed by atoms with Gasteiger partial charge in [-0.05, 0) is 37.4 Å². The molecule has 0 radical (unpaired) electrons. The second-order valence-corrected chi connectivity index (χ2v) is 7.75. The van der Waals surface area contributed by atoms with Gasteiger partial charge in [0.2, 0.25) is 5.91 Å². The molecule has 0 aliphatic carbocycles. The van der Waals surface area contributed by atoms with E-state index in [1.54, 1.807) is 6.07 Å². The number of morpholine rings is 1. The predicted octanol–water partition coefficient (Wildman–Crippen LogP) is 2.90. The molecule has 1 amide bonds. The summed E-state index contributed by atoms with van der Waals surface area (Å²) in [6.45, 7) is 6.29. The lowest BCUT2D eigenvalue weighted by molar-refractivity contribution is -0.137. The molecule has 1 aromatic carbocycles. The lowest BCUT2D eigenvalue weighted by Gasteiger charge is -2.29. The molecule has 162 valence electrons. The van der Waals surface area contributed by atoms with Crippen molar-refractivity contribution in [2.45, 2.75) is 44.4 Å². The molecule has 5 nitrogen and oxygen atoms in total. The quantitative estimate of drug-likeness (QED) is 0.633. The van der Waals surface area contributed by atoms with E-state index in [1.807, 2.05) is 4.90 Å². The van der Waals surface area contributed by atoms with Gasteiger partial charge in [-0.3, -0.25) is 9.69 Å². The van der Waals surface area contributed by atoms with Gasteiger partial charge in [0.1, 0.15) is 0 Å². The van der Waals surface area contributed by atoms with Gasteiger partial charge >= 0.3 is 6.18 Å². The van der Waals surface area contributed by atoms with E-state index in [9.17, 15) is 18.0 Å². The molecule has 8 heteroatoms. The number of amides is 1. The fourth-order valence-electron chi connectivity index (χ4n) is 4.05. The van der Waals surface area contributed by atoms with E-state index in [4.69, 9.17) is 4.74 Å². The third kappa shape index (κ3) is 6.69. The van der Waals surface area contributed by atoms with Crippen LogP contribution in [-0.2, 0) is 22.3 Å². The number of carbonyl (C=O) groups excluding carboxylic acids is 1. The number of nitrogens with one attached hydrogen (secondary N) is 1. The topological polar surface area (TPSA) is 44.8 Å². The number of nitrogens with zero attached hydrogens (tertiary/aromatic N) is 2. The van der Waals surface area contributed by atoms with Gasteiger partial charge in [0.15, 0.2) is 0 Å². The van der Waals surface area contributed by atoms with Crippen LogP contribution in [0.1, 0.15) is 36.8 Å². The summed E-state index contributed by atoms with van der Waals surface area (Å²) in [7, 11) is 0. The summed E-state index contributed by atoms with van der Waals surface area (Å²) in [5, 5.41) is 3.22. The minimum Gasteiger partial charge on any atom is -0.379 e. The summed E-state index contributed by atoms with van der Waals surface area (Å²) in [5.74, 6) is 0.217. The zero-order chi connectivity index (χ0) is 20.7. The summed E-state index contributed by atoms with van der Waals surface area (Å²) in [5.41, 5.74) is -0.00526. The van der Waals surface area contributed by atoms with E-state index < -0.39 is 11.7 Å². The lowest BCUT2D eigenvalue weighted by atomic mass is 10.1. The summed E-state index contributed by atoms with van der Waals surface area (Å²) in [4.78, 5) is 16.6. The van der Waals surface area contributed by atoms with Crippen molar-refractivity contribution in [1.29, 1.82) is 0 Å². The van der Waals surface area contributed by atoms with Gasteiger partial charge in [-0.25, -0.2) is 0 Å². The smallest absolute Gasteiger partial charge is 0.379 e. The number of benzene rings is 1. The molecule has 1 atom stereocenters. The van der Waals surface area contributed by atoms with Gasteiger partial charge < -0.3 is 15.0 Å². The molecule has 2 aliphatic heterocycles. The third-order valence-electron chi connectivity index (χ3n) is 5.67. The number of hydrogen-bond donors (Lipinski definition) is 1. The molecule has 1 unspecified atom stereocenters. The molecule has 1 aromatic rings. The fourth-order valence-corrected chi connectivity index (χ4v) is 4.05. The first kappa shape index (κ1) is 22.1. The predicted molar refractivity (Wildman–Crippen MR) is 104 cm³/mol. The van der Waals surface area contributed by atoms with Crippen LogP contribution in [0.3, 0.4) is 0 Å². The van der Waals surface area contributed by atoms with Crippen molar-refractivity contribution in [3.05, 3.63) is 35.4 Å². The summed E-state index contributed by atoms with van der Waals surface area (Å²) < 4.78 is 43.7. The van der Waals surface area contributed by atoms with Crippen LogP contribution in [0.25, 0.3) is 0 Å². The molecule has 29 heavy (non-hydrogen) atoms. The molecular formula is C21H30F3N3O2. The Morgan fingerprint density at radius 2 is 1.97 bits per heavy atom. The minimum atomic E-state index is -4.32. The Morgan fingerprint density at radius 3 is 2.72 bits per heavy atom. The van der Waals surface area contributed by atoms with Gasteiger partial charge in [-0.1, -0.05) is 18.2 Å². The van der Waals surface area contributed by atoms with E-state index in [-0.39, 0.29) is 11.9 Å². The Morgan fingerprint density at radius 1 is 1.17 bits per heavy atom. The highest BCUT2D eigenvalue weighted by atomic mass is 19.4. The normalized spacial score (nSPS) is 21.1. The van der Waals surface area contributed by atoms with E-state index >= 15 is 0 Å². The van der Waals surface area contributed by atoms with Gasteiger partial charge in [-0.2, -0.15) is 13.2 Å². The molecule has 0 spiro atoms. The van der Waals surface area contributed by atoms with Crippen molar-refractivity contribution < 1.29 is 22.7 Å². The largest absolute Gasteiger partial charge is 0.416 e. The van der Waals surface area contributed by atoms with Gasteiger partial charge in [0.25, 0.3) is 0 Å². The first-order chi connectivity index (χ1) is 13.9. The first-order valence-corrected chi connectivity index (χ1v) is 10.4. The van der Waals surface area contributed by atoms with Crippen molar-refractivity contribution in [3.63, 3.8) is 0 Å². The number of carbonyl (C=O) groups is 1. The van der Waals surface area contributed by atoms with Crippen molar-refractivity contribution in [2.75, 3.05) is 45.9 Å². The average molecular weight is 413 g/mol. The van der Waals surface area contributed by atoms with Crippen LogP contribution in [0.5, 0.6) is 0 Å². The molecule has 2 saturated heterocycles. The van der Waals surface area contributed by atoms with Crippen molar-refractivity contribution in [3.8, 4) is 0 Å². The van der Waals surface area contributed by atoms with Crippen LogP contribution in [0, 0.1) is 0 Å². The molecular weight excluding hydrogens is 383 g/mol.